The van der Waals surface area contributed by atoms with Crippen molar-refractivity contribution < 1.29 is 9.13 Å². The van der Waals surface area contributed by atoms with Crippen LogP contribution in [0.3, 0.4) is 0 Å². The molecule has 2 nitrogen and oxygen atoms in total. The molecule has 1 atom stereocenters. The van der Waals surface area contributed by atoms with E-state index in [2.05, 4.69) is 21.2 Å². The molecule has 1 saturated heterocycles. The Balaban J connectivity index is 1.69. The lowest BCUT2D eigenvalue weighted by molar-refractivity contribution is 0.288. The summed E-state index contributed by atoms with van der Waals surface area (Å²) in [4.78, 5) is 0. The zero-order chi connectivity index (χ0) is 15.4. The van der Waals surface area contributed by atoms with Crippen LogP contribution in [0.2, 0.25) is 0 Å². The van der Waals surface area contributed by atoms with Gasteiger partial charge in [0, 0.05) is 6.04 Å². The maximum absolute atomic E-state index is 14.3. The first-order valence-electron chi connectivity index (χ1n) is 7.60. The summed E-state index contributed by atoms with van der Waals surface area (Å²) in [6.45, 7) is 1.42. The van der Waals surface area contributed by atoms with Crippen molar-refractivity contribution in [2.45, 2.75) is 31.9 Å². The second-order valence-corrected chi connectivity index (χ2v) is 6.51. The number of nitrogens with one attached hydrogen (secondary N) is 1. The van der Waals surface area contributed by atoms with E-state index in [1.807, 2.05) is 36.4 Å². The van der Waals surface area contributed by atoms with Crippen LogP contribution in [0, 0.1) is 5.82 Å². The van der Waals surface area contributed by atoms with Gasteiger partial charge in [0.2, 0.25) is 0 Å². The fourth-order valence-electron chi connectivity index (χ4n) is 2.81. The molecular weight excluding hydrogens is 345 g/mol. The molecule has 116 valence electrons. The Bertz CT molecular complexity index is 603. The lowest BCUT2D eigenvalue weighted by Gasteiger charge is -2.14. The number of rotatable bonds is 5. The van der Waals surface area contributed by atoms with Gasteiger partial charge in [-0.15, -0.1) is 0 Å². The summed E-state index contributed by atoms with van der Waals surface area (Å²) >= 11 is 3.44. The molecule has 1 unspecified atom stereocenters. The van der Waals surface area contributed by atoms with E-state index in [0.29, 0.717) is 17.1 Å². The largest absolute Gasteiger partial charge is 0.485 e. The molecule has 0 aliphatic carbocycles. The first-order valence-corrected chi connectivity index (χ1v) is 8.39. The minimum atomic E-state index is -0.307. The van der Waals surface area contributed by atoms with Crippen molar-refractivity contribution in [3.8, 4) is 5.75 Å². The molecule has 22 heavy (non-hydrogen) atoms. The third kappa shape index (κ3) is 3.87. The predicted molar refractivity (Wildman–Crippen MR) is 89.6 cm³/mol. The summed E-state index contributed by atoms with van der Waals surface area (Å²) in [5.74, 6) is -0.0229. The highest BCUT2D eigenvalue weighted by atomic mass is 79.9. The van der Waals surface area contributed by atoms with Crippen molar-refractivity contribution in [3.05, 3.63) is 63.9 Å². The van der Waals surface area contributed by atoms with E-state index in [4.69, 9.17) is 4.74 Å². The first-order chi connectivity index (χ1) is 10.7. The zero-order valence-electron chi connectivity index (χ0n) is 12.3. The van der Waals surface area contributed by atoms with Crippen LogP contribution in [0.15, 0.2) is 46.9 Å². The molecule has 0 aromatic heterocycles. The van der Waals surface area contributed by atoms with E-state index in [0.717, 1.165) is 30.5 Å². The zero-order valence-corrected chi connectivity index (χ0v) is 13.9. The standard InChI is InChI=1S/C18H19BrFNO/c19-16-10-14(9-15-7-4-8-21-15)11-17(20)18(16)22-12-13-5-2-1-3-6-13/h1-3,5-6,10-11,15,21H,4,7-9,12H2. The highest BCUT2D eigenvalue weighted by Crippen LogP contribution is 2.31. The molecule has 4 heteroatoms. The number of ether oxygens (including phenoxy) is 1. The molecule has 0 amide bonds. The van der Waals surface area contributed by atoms with Gasteiger partial charge < -0.3 is 10.1 Å². The maximum atomic E-state index is 14.3. The fourth-order valence-corrected chi connectivity index (χ4v) is 3.41. The van der Waals surface area contributed by atoms with Crippen LogP contribution in [-0.2, 0) is 13.0 Å². The van der Waals surface area contributed by atoms with Gasteiger partial charge in [0.25, 0.3) is 0 Å². The molecule has 0 bridgehead atoms. The Hall–Kier alpha value is -1.39. The number of hydrogen-bond donors (Lipinski definition) is 1. The SMILES string of the molecule is Fc1cc(CC2CCCN2)cc(Br)c1OCc1ccccc1. The number of benzene rings is 2. The summed E-state index contributed by atoms with van der Waals surface area (Å²) in [7, 11) is 0. The van der Waals surface area contributed by atoms with Crippen molar-refractivity contribution in [1.29, 1.82) is 0 Å². The van der Waals surface area contributed by atoms with E-state index in [-0.39, 0.29) is 11.6 Å². The van der Waals surface area contributed by atoms with Crippen LogP contribution in [-0.4, -0.2) is 12.6 Å². The average Bonchev–Trinajstić information content (AvgIpc) is 3.00. The second-order valence-electron chi connectivity index (χ2n) is 5.66. The van der Waals surface area contributed by atoms with Gasteiger partial charge in [0.05, 0.1) is 4.47 Å². The van der Waals surface area contributed by atoms with Gasteiger partial charge >= 0.3 is 0 Å². The Labute approximate surface area is 138 Å². The van der Waals surface area contributed by atoms with Gasteiger partial charge in [-0.3, -0.25) is 0 Å². The third-order valence-corrected chi connectivity index (χ3v) is 4.52. The third-order valence-electron chi connectivity index (χ3n) is 3.93. The first kappa shape index (κ1) is 15.5. The minimum absolute atomic E-state index is 0.284. The normalized spacial score (nSPS) is 17.6. The van der Waals surface area contributed by atoms with Gasteiger partial charge in [0.1, 0.15) is 6.61 Å². The lowest BCUT2D eigenvalue weighted by atomic mass is 10.0. The summed E-state index contributed by atoms with van der Waals surface area (Å²) in [5.41, 5.74) is 2.02. The summed E-state index contributed by atoms with van der Waals surface area (Å²) in [5, 5.41) is 3.44. The van der Waals surface area contributed by atoms with Crippen LogP contribution in [0.4, 0.5) is 4.39 Å². The second kappa shape index (κ2) is 7.25. The van der Waals surface area contributed by atoms with E-state index >= 15 is 0 Å². The molecule has 0 radical (unpaired) electrons. The van der Waals surface area contributed by atoms with Crippen LogP contribution in [0.5, 0.6) is 5.75 Å². The van der Waals surface area contributed by atoms with E-state index in [1.165, 1.54) is 6.42 Å². The smallest absolute Gasteiger partial charge is 0.169 e. The van der Waals surface area contributed by atoms with E-state index in [9.17, 15) is 4.39 Å². The van der Waals surface area contributed by atoms with Gasteiger partial charge in [-0.05, 0) is 65.0 Å². The lowest BCUT2D eigenvalue weighted by Crippen LogP contribution is -2.23. The summed E-state index contributed by atoms with van der Waals surface area (Å²) < 4.78 is 20.6. The van der Waals surface area contributed by atoms with Gasteiger partial charge in [-0.1, -0.05) is 30.3 Å². The quantitative estimate of drug-likeness (QED) is 0.846. The molecule has 1 aliphatic heterocycles. The number of halogens is 2. The Morgan fingerprint density at radius 2 is 2.00 bits per heavy atom. The molecule has 0 saturated carbocycles. The van der Waals surface area contributed by atoms with E-state index in [1.54, 1.807) is 6.07 Å². The average molecular weight is 364 g/mol. The predicted octanol–water partition coefficient (Wildman–Crippen LogP) is 4.46. The van der Waals surface area contributed by atoms with Crippen molar-refractivity contribution in [3.63, 3.8) is 0 Å². The summed E-state index contributed by atoms with van der Waals surface area (Å²) in [6.07, 6.45) is 3.21. The molecule has 1 N–H and O–H groups in total. The highest BCUT2D eigenvalue weighted by molar-refractivity contribution is 9.10. The maximum Gasteiger partial charge on any atom is 0.169 e. The van der Waals surface area contributed by atoms with Gasteiger partial charge in [-0.25, -0.2) is 4.39 Å². The van der Waals surface area contributed by atoms with Crippen molar-refractivity contribution in [1.82, 2.24) is 5.32 Å². The van der Waals surface area contributed by atoms with Crippen LogP contribution in [0.1, 0.15) is 24.0 Å². The molecular formula is C18H19BrFNO. The van der Waals surface area contributed by atoms with E-state index < -0.39 is 0 Å². The molecule has 2 aromatic carbocycles. The fraction of sp³-hybridized carbons (Fsp3) is 0.333. The molecule has 1 aliphatic rings. The Kier molecular flexibility index (Phi) is 5.11. The summed E-state index contributed by atoms with van der Waals surface area (Å²) in [6, 6.07) is 13.8. The monoisotopic (exact) mass is 363 g/mol. The topological polar surface area (TPSA) is 21.3 Å². The number of hydrogen-bond acceptors (Lipinski definition) is 2. The molecule has 1 fully saturated rings. The van der Waals surface area contributed by atoms with Crippen molar-refractivity contribution >= 4 is 15.9 Å². The van der Waals surface area contributed by atoms with Gasteiger partial charge in [-0.2, -0.15) is 0 Å². The molecule has 0 spiro atoms. The molecule has 2 aromatic rings. The Morgan fingerprint density at radius 1 is 1.18 bits per heavy atom. The van der Waals surface area contributed by atoms with Crippen molar-refractivity contribution in [2.75, 3.05) is 6.54 Å². The molecule has 3 rings (SSSR count). The van der Waals surface area contributed by atoms with Crippen LogP contribution >= 0.6 is 15.9 Å². The van der Waals surface area contributed by atoms with Crippen molar-refractivity contribution in [2.24, 2.45) is 0 Å². The van der Waals surface area contributed by atoms with Gasteiger partial charge in [0.15, 0.2) is 11.6 Å². The molecule has 1 heterocycles. The minimum Gasteiger partial charge on any atom is -0.485 e. The van der Waals surface area contributed by atoms with Crippen LogP contribution in [0.25, 0.3) is 0 Å². The Morgan fingerprint density at radius 3 is 2.68 bits per heavy atom. The highest BCUT2D eigenvalue weighted by Gasteiger charge is 2.17. The van der Waals surface area contributed by atoms with Crippen LogP contribution < -0.4 is 10.1 Å².